The van der Waals surface area contributed by atoms with Gasteiger partial charge in [0.15, 0.2) is 17.9 Å². The van der Waals surface area contributed by atoms with Crippen LogP contribution in [0, 0.1) is 0 Å². The Labute approximate surface area is 107 Å². The lowest BCUT2D eigenvalue weighted by Gasteiger charge is -2.26. The van der Waals surface area contributed by atoms with Crippen LogP contribution in [-0.2, 0) is 23.7 Å². The Morgan fingerprint density at radius 1 is 0.944 bits per heavy atom. The molecule has 6 nitrogen and oxygen atoms in total. The standard InChI is InChI=1S/C12H21NO5/c1-11(2)14-5-6(16-11)8-7(13)9-10(15-8)18-12(3,4)17-9/h6-10H,5,13H2,1-4H3/t6-,7+,8+,9-,10-/m1/s1. The molecule has 2 N–H and O–H groups in total. The molecule has 0 aromatic rings. The highest BCUT2D eigenvalue weighted by Crippen LogP contribution is 2.39. The van der Waals surface area contributed by atoms with Crippen LogP contribution in [0.1, 0.15) is 27.7 Å². The highest BCUT2D eigenvalue weighted by Gasteiger charge is 2.56. The molecule has 0 bridgehead atoms. The van der Waals surface area contributed by atoms with Crippen LogP contribution in [0.25, 0.3) is 0 Å². The summed E-state index contributed by atoms with van der Waals surface area (Å²) in [5, 5.41) is 0. The maximum Gasteiger partial charge on any atom is 0.189 e. The third-order valence-corrected chi connectivity index (χ3v) is 3.53. The maximum absolute atomic E-state index is 6.19. The van der Waals surface area contributed by atoms with Gasteiger partial charge in [-0.15, -0.1) is 0 Å². The Hall–Kier alpha value is -0.240. The van der Waals surface area contributed by atoms with E-state index in [1.807, 2.05) is 27.7 Å². The Kier molecular flexibility index (Phi) is 2.75. The molecule has 0 aromatic heterocycles. The minimum absolute atomic E-state index is 0.170. The van der Waals surface area contributed by atoms with E-state index in [4.69, 9.17) is 29.4 Å². The van der Waals surface area contributed by atoms with E-state index in [-0.39, 0.29) is 24.4 Å². The van der Waals surface area contributed by atoms with Crippen LogP contribution in [0.2, 0.25) is 0 Å². The summed E-state index contributed by atoms with van der Waals surface area (Å²) in [4.78, 5) is 0. The Morgan fingerprint density at radius 3 is 2.22 bits per heavy atom. The van der Waals surface area contributed by atoms with E-state index in [1.165, 1.54) is 0 Å². The van der Waals surface area contributed by atoms with Crippen LogP contribution in [0.4, 0.5) is 0 Å². The molecule has 3 saturated heterocycles. The lowest BCUT2D eigenvalue weighted by molar-refractivity contribution is -0.222. The molecule has 6 heteroatoms. The van der Waals surface area contributed by atoms with Crippen molar-refractivity contribution < 1.29 is 23.7 Å². The molecular formula is C12H21NO5. The minimum atomic E-state index is -0.635. The normalized spacial score (nSPS) is 49.5. The molecule has 3 aliphatic rings. The predicted molar refractivity (Wildman–Crippen MR) is 61.6 cm³/mol. The molecule has 0 aliphatic carbocycles. The van der Waals surface area contributed by atoms with Crippen molar-refractivity contribution in [1.82, 2.24) is 0 Å². The van der Waals surface area contributed by atoms with Gasteiger partial charge in [-0.2, -0.15) is 0 Å². The molecule has 0 spiro atoms. The average molecular weight is 259 g/mol. The van der Waals surface area contributed by atoms with Gasteiger partial charge in [0.25, 0.3) is 0 Å². The quantitative estimate of drug-likeness (QED) is 0.732. The first-order valence-electron chi connectivity index (χ1n) is 6.36. The largest absolute Gasteiger partial charge is 0.348 e. The summed E-state index contributed by atoms with van der Waals surface area (Å²) in [5.41, 5.74) is 6.19. The van der Waals surface area contributed by atoms with Crippen molar-refractivity contribution in [3.63, 3.8) is 0 Å². The van der Waals surface area contributed by atoms with Crippen molar-refractivity contribution in [3.8, 4) is 0 Å². The molecule has 3 heterocycles. The smallest absolute Gasteiger partial charge is 0.189 e. The molecule has 0 unspecified atom stereocenters. The van der Waals surface area contributed by atoms with Crippen LogP contribution >= 0.6 is 0 Å². The second-order valence-corrected chi connectivity index (χ2v) is 6.01. The van der Waals surface area contributed by atoms with Crippen LogP contribution in [-0.4, -0.2) is 48.8 Å². The highest BCUT2D eigenvalue weighted by molar-refractivity contribution is 4.99. The van der Waals surface area contributed by atoms with Gasteiger partial charge in [0, 0.05) is 0 Å². The Morgan fingerprint density at radius 2 is 1.67 bits per heavy atom. The van der Waals surface area contributed by atoms with Gasteiger partial charge in [0.2, 0.25) is 0 Å². The van der Waals surface area contributed by atoms with Crippen LogP contribution in [0.5, 0.6) is 0 Å². The van der Waals surface area contributed by atoms with Gasteiger partial charge in [0.1, 0.15) is 18.3 Å². The molecule has 0 amide bonds. The fourth-order valence-electron chi connectivity index (χ4n) is 2.77. The topological polar surface area (TPSA) is 72.2 Å². The van der Waals surface area contributed by atoms with Gasteiger partial charge < -0.3 is 29.4 Å². The van der Waals surface area contributed by atoms with Crippen LogP contribution in [0.15, 0.2) is 0 Å². The third kappa shape index (κ3) is 2.07. The van der Waals surface area contributed by atoms with Gasteiger partial charge in [-0.05, 0) is 27.7 Å². The predicted octanol–water partition coefficient (Wildman–Crippen LogP) is 0.342. The van der Waals surface area contributed by atoms with E-state index in [9.17, 15) is 0 Å². The van der Waals surface area contributed by atoms with Gasteiger partial charge >= 0.3 is 0 Å². The first kappa shape index (κ1) is 12.8. The van der Waals surface area contributed by atoms with E-state index in [0.29, 0.717) is 6.61 Å². The van der Waals surface area contributed by atoms with Gasteiger partial charge in [0.05, 0.1) is 12.6 Å². The Balaban J connectivity index is 1.68. The molecule has 104 valence electrons. The van der Waals surface area contributed by atoms with Crippen molar-refractivity contribution >= 4 is 0 Å². The van der Waals surface area contributed by atoms with Crippen LogP contribution in [0.3, 0.4) is 0 Å². The van der Waals surface area contributed by atoms with E-state index in [0.717, 1.165) is 0 Å². The summed E-state index contributed by atoms with van der Waals surface area (Å²) < 4.78 is 28.6. The van der Waals surface area contributed by atoms with E-state index < -0.39 is 17.9 Å². The zero-order chi connectivity index (χ0) is 13.1. The summed E-state index contributed by atoms with van der Waals surface area (Å²) in [7, 11) is 0. The Bertz CT molecular complexity index is 345. The molecule has 0 radical (unpaired) electrons. The second kappa shape index (κ2) is 3.88. The van der Waals surface area contributed by atoms with Gasteiger partial charge in [-0.3, -0.25) is 0 Å². The first-order chi connectivity index (χ1) is 8.27. The highest BCUT2D eigenvalue weighted by atomic mass is 16.8. The van der Waals surface area contributed by atoms with Crippen LogP contribution < -0.4 is 5.73 Å². The lowest BCUT2D eigenvalue weighted by atomic mass is 10.0. The summed E-state index contributed by atoms with van der Waals surface area (Å²) in [6.45, 7) is 7.95. The van der Waals surface area contributed by atoms with E-state index in [2.05, 4.69) is 0 Å². The molecule has 3 aliphatic heterocycles. The molecule has 0 aromatic carbocycles. The number of fused-ring (bicyclic) bond motifs is 1. The zero-order valence-corrected chi connectivity index (χ0v) is 11.2. The fourth-order valence-corrected chi connectivity index (χ4v) is 2.77. The number of hydrogen-bond donors (Lipinski definition) is 1. The van der Waals surface area contributed by atoms with Crippen molar-refractivity contribution in [1.29, 1.82) is 0 Å². The van der Waals surface area contributed by atoms with E-state index >= 15 is 0 Å². The number of rotatable bonds is 1. The summed E-state index contributed by atoms with van der Waals surface area (Å²) in [5.74, 6) is -1.21. The van der Waals surface area contributed by atoms with E-state index in [1.54, 1.807) is 0 Å². The molecular weight excluding hydrogens is 238 g/mol. The third-order valence-electron chi connectivity index (χ3n) is 3.53. The lowest BCUT2D eigenvalue weighted by Crippen LogP contribution is -2.47. The van der Waals surface area contributed by atoms with Crippen molar-refractivity contribution in [2.45, 2.75) is 69.9 Å². The molecule has 3 rings (SSSR count). The second-order valence-electron chi connectivity index (χ2n) is 6.01. The number of ether oxygens (including phenoxy) is 5. The molecule has 0 saturated carbocycles. The summed E-state index contributed by atoms with van der Waals surface area (Å²) in [6, 6.07) is -0.265. The fraction of sp³-hybridized carbons (Fsp3) is 1.00. The number of hydrogen-bond acceptors (Lipinski definition) is 6. The van der Waals surface area contributed by atoms with Crippen molar-refractivity contribution in [3.05, 3.63) is 0 Å². The average Bonchev–Trinajstić information content (AvgIpc) is 2.81. The molecule has 18 heavy (non-hydrogen) atoms. The summed E-state index contributed by atoms with van der Waals surface area (Å²) in [6.07, 6.45) is -1.07. The SMILES string of the molecule is CC1(C)O[C@H]2O[C@@H]([C@H]3COC(C)(C)O3)[C@H](N)[C@H]2O1. The monoisotopic (exact) mass is 259 g/mol. The molecule has 5 atom stereocenters. The van der Waals surface area contributed by atoms with Crippen molar-refractivity contribution in [2.24, 2.45) is 5.73 Å². The first-order valence-corrected chi connectivity index (χ1v) is 6.36. The zero-order valence-electron chi connectivity index (χ0n) is 11.2. The summed E-state index contributed by atoms with van der Waals surface area (Å²) >= 11 is 0. The number of nitrogens with two attached hydrogens (primary N) is 1. The minimum Gasteiger partial charge on any atom is -0.348 e. The van der Waals surface area contributed by atoms with Crippen molar-refractivity contribution in [2.75, 3.05) is 6.61 Å². The van der Waals surface area contributed by atoms with Gasteiger partial charge in [-0.25, -0.2) is 0 Å². The van der Waals surface area contributed by atoms with Gasteiger partial charge in [-0.1, -0.05) is 0 Å². The molecule has 3 fully saturated rings. The maximum atomic E-state index is 6.19.